The molecule has 1 aliphatic rings. The molecule has 136 valence electrons. The van der Waals surface area contributed by atoms with Crippen LogP contribution in [0.25, 0.3) is 0 Å². The minimum atomic E-state index is -0.339. The third-order valence-electron chi connectivity index (χ3n) is 4.25. The lowest BCUT2D eigenvalue weighted by Crippen LogP contribution is -2.25. The predicted molar refractivity (Wildman–Crippen MR) is 103 cm³/mol. The Morgan fingerprint density at radius 1 is 1.15 bits per heavy atom. The standard InChI is InChI=1S/C20H22N2O3S/c1-13(2)15-5-6-16(21-12-15)9-10-25-17-7-3-14(4-8-17)11-18-19(23)22-20(24)26-18/h3-8,12-13,18H,9-11H2,1-2H3,(H,22,23,24). The Bertz CT molecular complexity index is 773. The molecule has 0 saturated carbocycles. The number of hydrogen-bond donors (Lipinski definition) is 1. The molecule has 1 unspecified atom stereocenters. The number of ether oxygens (including phenoxy) is 1. The Kier molecular flexibility index (Phi) is 5.93. The SMILES string of the molecule is CC(C)c1ccc(CCOc2ccc(CC3SC(=O)NC3=O)cc2)nc1. The topological polar surface area (TPSA) is 68.3 Å². The third kappa shape index (κ3) is 4.85. The summed E-state index contributed by atoms with van der Waals surface area (Å²) in [6.07, 6.45) is 3.21. The fourth-order valence-electron chi connectivity index (χ4n) is 2.66. The summed E-state index contributed by atoms with van der Waals surface area (Å²) in [5.74, 6) is 1.06. The molecule has 0 bridgehead atoms. The maximum absolute atomic E-state index is 11.6. The smallest absolute Gasteiger partial charge is 0.286 e. The number of amides is 2. The lowest BCUT2D eigenvalue weighted by Gasteiger charge is -2.09. The Morgan fingerprint density at radius 3 is 2.50 bits per heavy atom. The van der Waals surface area contributed by atoms with Gasteiger partial charge in [0.05, 0.1) is 11.9 Å². The highest BCUT2D eigenvalue weighted by molar-refractivity contribution is 8.15. The second-order valence-electron chi connectivity index (χ2n) is 6.57. The van der Waals surface area contributed by atoms with E-state index in [1.54, 1.807) is 0 Å². The zero-order chi connectivity index (χ0) is 18.5. The molecule has 6 heteroatoms. The highest BCUT2D eigenvalue weighted by Crippen LogP contribution is 2.24. The quantitative estimate of drug-likeness (QED) is 0.804. The minimum absolute atomic E-state index is 0.212. The maximum Gasteiger partial charge on any atom is 0.286 e. The van der Waals surface area contributed by atoms with Gasteiger partial charge in [0.2, 0.25) is 5.91 Å². The second-order valence-corrected chi connectivity index (χ2v) is 7.74. The molecule has 1 N–H and O–H groups in total. The first-order valence-electron chi connectivity index (χ1n) is 8.69. The van der Waals surface area contributed by atoms with E-state index >= 15 is 0 Å². The first-order valence-corrected chi connectivity index (χ1v) is 9.57. The van der Waals surface area contributed by atoms with Crippen molar-refractivity contribution in [2.24, 2.45) is 0 Å². The van der Waals surface area contributed by atoms with E-state index in [0.717, 1.165) is 35.2 Å². The van der Waals surface area contributed by atoms with Crippen LogP contribution in [0.15, 0.2) is 42.6 Å². The van der Waals surface area contributed by atoms with E-state index in [0.29, 0.717) is 18.9 Å². The van der Waals surface area contributed by atoms with Crippen molar-refractivity contribution in [1.82, 2.24) is 10.3 Å². The van der Waals surface area contributed by atoms with Crippen LogP contribution < -0.4 is 10.1 Å². The number of hydrogen-bond acceptors (Lipinski definition) is 5. The van der Waals surface area contributed by atoms with Gasteiger partial charge in [0.25, 0.3) is 5.24 Å². The van der Waals surface area contributed by atoms with Crippen LogP contribution in [0.1, 0.15) is 36.6 Å². The molecule has 3 rings (SSSR count). The van der Waals surface area contributed by atoms with Gasteiger partial charge in [-0.25, -0.2) is 0 Å². The van der Waals surface area contributed by atoms with Crippen molar-refractivity contribution in [3.05, 3.63) is 59.4 Å². The number of aromatic nitrogens is 1. The van der Waals surface area contributed by atoms with Crippen LogP contribution in [0.5, 0.6) is 5.75 Å². The first kappa shape index (κ1) is 18.5. The first-order chi connectivity index (χ1) is 12.5. The molecule has 5 nitrogen and oxygen atoms in total. The fourth-order valence-corrected chi connectivity index (χ4v) is 3.52. The Hall–Kier alpha value is -2.34. The largest absolute Gasteiger partial charge is 0.493 e. The van der Waals surface area contributed by atoms with Crippen molar-refractivity contribution in [3.8, 4) is 5.75 Å². The van der Waals surface area contributed by atoms with Crippen LogP contribution in [-0.2, 0) is 17.6 Å². The number of nitrogens with zero attached hydrogens (tertiary/aromatic N) is 1. The van der Waals surface area contributed by atoms with Gasteiger partial charge < -0.3 is 4.74 Å². The molecule has 1 aromatic carbocycles. The monoisotopic (exact) mass is 370 g/mol. The van der Waals surface area contributed by atoms with Gasteiger partial charge in [0.1, 0.15) is 5.75 Å². The molecule has 26 heavy (non-hydrogen) atoms. The molecule has 2 heterocycles. The van der Waals surface area contributed by atoms with Crippen LogP contribution in [0.2, 0.25) is 0 Å². The lowest BCUT2D eigenvalue weighted by atomic mass is 10.1. The van der Waals surface area contributed by atoms with Gasteiger partial charge in [-0.3, -0.25) is 19.9 Å². The molecule has 1 saturated heterocycles. The van der Waals surface area contributed by atoms with Crippen molar-refractivity contribution in [1.29, 1.82) is 0 Å². The molecule has 1 aliphatic heterocycles. The highest BCUT2D eigenvalue weighted by Gasteiger charge is 2.31. The molecule has 1 fully saturated rings. The zero-order valence-electron chi connectivity index (χ0n) is 14.9. The Balaban J connectivity index is 1.47. The average molecular weight is 370 g/mol. The van der Waals surface area contributed by atoms with Crippen LogP contribution in [-0.4, -0.2) is 28.0 Å². The highest BCUT2D eigenvalue weighted by atomic mass is 32.2. The molecular formula is C20H22N2O3S. The van der Waals surface area contributed by atoms with E-state index in [1.807, 2.05) is 36.5 Å². The van der Waals surface area contributed by atoms with E-state index < -0.39 is 0 Å². The van der Waals surface area contributed by atoms with Gasteiger partial charge in [-0.05, 0) is 41.7 Å². The number of imide groups is 1. The number of thioether (sulfide) groups is 1. The zero-order valence-corrected chi connectivity index (χ0v) is 15.7. The number of carbonyl (C=O) groups excluding carboxylic acids is 2. The number of pyridine rings is 1. The van der Waals surface area contributed by atoms with Crippen molar-refractivity contribution >= 4 is 22.9 Å². The molecule has 0 radical (unpaired) electrons. The summed E-state index contributed by atoms with van der Waals surface area (Å²) in [6.45, 7) is 4.86. The Labute approximate surface area is 157 Å². The average Bonchev–Trinajstić information content (AvgIpc) is 2.94. The van der Waals surface area contributed by atoms with Gasteiger partial charge in [-0.1, -0.05) is 43.8 Å². The summed E-state index contributed by atoms with van der Waals surface area (Å²) in [6, 6.07) is 11.8. The van der Waals surface area contributed by atoms with E-state index in [2.05, 4.69) is 30.2 Å². The summed E-state index contributed by atoms with van der Waals surface area (Å²) in [4.78, 5) is 27.3. The van der Waals surface area contributed by atoms with Gasteiger partial charge in [-0.15, -0.1) is 0 Å². The van der Waals surface area contributed by atoms with Crippen LogP contribution in [0.3, 0.4) is 0 Å². The molecule has 1 aromatic heterocycles. The van der Waals surface area contributed by atoms with Gasteiger partial charge in [0, 0.05) is 18.3 Å². The summed E-state index contributed by atoms with van der Waals surface area (Å²) >= 11 is 1.05. The molecular weight excluding hydrogens is 348 g/mol. The molecule has 0 spiro atoms. The summed E-state index contributed by atoms with van der Waals surface area (Å²) in [7, 11) is 0. The second kappa shape index (κ2) is 8.36. The predicted octanol–water partition coefficient (Wildman–Crippen LogP) is 3.72. The summed E-state index contributed by atoms with van der Waals surface area (Å²) in [5, 5.41) is 1.70. The van der Waals surface area contributed by atoms with E-state index in [4.69, 9.17) is 4.74 Å². The van der Waals surface area contributed by atoms with Gasteiger partial charge in [0.15, 0.2) is 0 Å². The van der Waals surface area contributed by atoms with E-state index in [1.165, 1.54) is 5.56 Å². The van der Waals surface area contributed by atoms with E-state index in [-0.39, 0.29) is 16.4 Å². The Morgan fingerprint density at radius 2 is 1.92 bits per heavy atom. The van der Waals surface area contributed by atoms with Crippen molar-refractivity contribution in [2.45, 2.75) is 37.9 Å². The normalized spacial score (nSPS) is 16.8. The van der Waals surface area contributed by atoms with Gasteiger partial charge in [-0.2, -0.15) is 0 Å². The molecule has 2 aromatic rings. The number of carbonyl (C=O) groups is 2. The number of rotatable bonds is 7. The van der Waals surface area contributed by atoms with Crippen LogP contribution >= 0.6 is 11.8 Å². The molecule has 2 amide bonds. The summed E-state index contributed by atoms with van der Waals surface area (Å²) in [5.41, 5.74) is 3.26. The van der Waals surface area contributed by atoms with Crippen molar-refractivity contribution in [3.63, 3.8) is 0 Å². The van der Waals surface area contributed by atoms with Gasteiger partial charge >= 0.3 is 0 Å². The summed E-state index contributed by atoms with van der Waals surface area (Å²) < 4.78 is 5.77. The van der Waals surface area contributed by atoms with E-state index in [9.17, 15) is 9.59 Å². The molecule has 1 atom stereocenters. The minimum Gasteiger partial charge on any atom is -0.493 e. The maximum atomic E-state index is 11.6. The lowest BCUT2D eigenvalue weighted by molar-refractivity contribution is -0.118. The number of nitrogens with one attached hydrogen (secondary N) is 1. The van der Waals surface area contributed by atoms with Crippen LogP contribution in [0.4, 0.5) is 4.79 Å². The third-order valence-corrected chi connectivity index (χ3v) is 5.23. The fraction of sp³-hybridized carbons (Fsp3) is 0.350. The number of benzene rings is 1. The van der Waals surface area contributed by atoms with Crippen molar-refractivity contribution in [2.75, 3.05) is 6.61 Å². The van der Waals surface area contributed by atoms with Crippen molar-refractivity contribution < 1.29 is 14.3 Å². The van der Waals surface area contributed by atoms with Crippen LogP contribution in [0, 0.1) is 0 Å². The molecule has 0 aliphatic carbocycles.